The lowest BCUT2D eigenvalue weighted by Gasteiger charge is -2.35. The Kier molecular flexibility index (Phi) is 6.75. The minimum absolute atomic E-state index is 0.0951. The molecular formula is C21H31BrN4O2. The number of hydrogen-bond donors (Lipinski definition) is 1. The van der Waals surface area contributed by atoms with Crippen LogP contribution in [0.4, 0.5) is 10.5 Å². The summed E-state index contributed by atoms with van der Waals surface area (Å²) in [6.45, 7) is 8.28. The summed E-state index contributed by atoms with van der Waals surface area (Å²) in [7, 11) is 0. The van der Waals surface area contributed by atoms with Crippen molar-refractivity contribution < 1.29 is 9.53 Å². The van der Waals surface area contributed by atoms with Gasteiger partial charge in [-0.15, -0.1) is 0 Å². The van der Waals surface area contributed by atoms with Gasteiger partial charge < -0.3 is 19.9 Å². The molecule has 2 atom stereocenters. The van der Waals surface area contributed by atoms with Gasteiger partial charge in [0.25, 0.3) is 0 Å². The number of carbonyl (C=O) groups excluding carboxylic acids is 1. The molecule has 4 rings (SSSR count). The van der Waals surface area contributed by atoms with E-state index in [2.05, 4.69) is 55.3 Å². The first-order valence-corrected chi connectivity index (χ1v) is 11.3. The van der Waals surface area contributed by atoms with Crippen LogP contribution in [-0.2, 0) is 4.74 Å². The van der Waals surface area contributed by atoms with Crippen LogP contribution in [0.2, 0.25) is 0 Å². The van der Waals surface area contributed by atoms with Crippen molar-refractivity contribution in [1.82, 2.24) is 15.1 Å². The molecule has 1 aromatic carbocycles. The molecule has 2 amide bonds. The molecule has 0 bridgehead atoms. The van der Waals surface area contributed by atoms with Gasteiger partial charge in [-0.2, -0.15) is 0 Å². The largest absolute Gasteiger partial charge is 0.377 e. The van der Waals surface area contributed by atoms with Gasteiger partial charge in [0, 0.05) is 69.1 Å². The van der Waals surface area contributed by atoms with E-state index >= 15 is 0 Å². The minimum atomic E-state index is 0.0951. The number of carbonyl (C=O) groups is 1. The van der Waals surface area contributed by atoms with Gasteiger partial charge in [0.15, 0.2) is 0 Å². The highest BCUT2D eigenvalue weighted by molar-refractivity contribution is 9.10. The van der Waals surface area contributed by atoms with Gasteiger partial charge in [-0.25, -0.2) is 4.79 Å². The third-order valence-corrected chi connectivity index (χ3v) is 6.64. The van der Waals surface area contributed by atoms with Crippen molar-refractivity contribution in [2.24, 2.45) is 5.92 Å². The third-order valence-electron chi connectivity index (χ3n) is 6.15. The van der Waals surface area contributed by atoms with Crippen LogP contribution in [0, 0.1) is 5.92 Å². The number of benzene rings is 1. The number of hydrogen-bond acceptors (Lipinski definition) is 4. The van der Waals surface area contributed by atoms with E-state index in [4.69, 9.17) is 4.74 Å². The number of halogens is 1. The highest BCUT2D eigenvalue weighted by atomic mass is 79.9. The number of nitrogens with one attached hydrogen (secondary N) is 1. The molecule has 3 aliphatic heterocycles. The molecule has 28 heavy (non-hydrogen) atoms. The van der Waals surface area contributed by atoms with Crippen LogP contribution in [0.3, 0.4) is 0 Å². The molecule has 3 aliphatic rings. The molecule has 0 spiro atoms. The van der Waals surface area contributed by atoms with E-state index in [1.807, 2.05) is 4.90 Å². The Morgan fingerprint density at radius 2 is 2.04 bits per heavy atom. The van der Waals surface area contributed by atoms with Crippen molar-refractivity contribution >= 4 is 27.6 Å². The monoisotopic (exact) mass is 450 g/mol. The van der Waals surface area contributed by atoms with E-state index in [0.717, 1.165) is 69.9 Å². The van der Waals surface area contributed by atoms with E-state index in [-0.39, 0.29) is 6.03 Å². The van der Waals surface area contributed by atoms with Crippen LogP contribution in [-0.4, -0.2) is 80.9 Å². The van der Waals surface area contributed by atoms with Gasteiger partial charge >= 0.3 is 6.03 Å². The van der Waals surface area contributed by atoms with E-state index in [1.54, 1.807) is 0 Å². The second kappa shape index (κ2) is 9.46. The maximum atomic E-state index is 12.6. The first-order valence-electron chi connectivity index (χ1n) is 10.5. The Morgan fingerprint density at radius 3 is 2.79 bits per heavy atom. The van der Waals surface area contributed by atoms with Crippen LogP contribution in [0.1, 0.15) is 19.3 Å². The highest BCUT2D eigenvalue weighted by Crippen LogP contribution is 2.26. The average Bonchev–Trinajstić information content (AvgIpc) is 3.39. The Morgan fingerprint density at radius 1 is 1.18 bits per heavy atom. The normalized spacial score (nSPS) is 26.0. The Bertz CT molecular complexity index is 660. The molecule has 0 radical (unpaired) electrons. The molecule has 3 heterocycles. The van der Waals surface area contributed by atoms with Crippen molar-refractivity contribution in [1.29, 1.82) is 0 Å². The van der Waals surface area contributed by atoms with Crippen molar-refractivity contribution in [2.45, 2.75) is 25.4 Å². The number of amides is 2. The highest BCUT2D eigenvalue weighted by Gasteiger charge is 2.27. The summed E-state index contributed by atoms with van der Waals surface area (Å²) in [6, 6.07) is 8.54. The molecule has 3 fully saturated rings. The van der Waals surface area contributed by atoms with E-state index in [1.165, 1.54) is 18.5 Å². The predicted octanol–water partition coefficient (Wildman–Crippen LogP) is 2.78. The van der Waals surface area contributed by atoms with Crippen molar-refractivity contribution in [2.75, 3.05) is 63.9 Å². The first-order chi connectivity index (χ1) is 13.7. The summed E-state index contributed by atoms with van der Waals surface area (Å²) in [6.07, 6.45) is 3.89. The molecule has 1 N–H and O–H groups in total. The summed E-state index contributed by atoms with van der Waals surface area (Å²) < 4.78 is 6.84. The van der Waals surface area contributed by atoms with Crippen LogP contribution >= 0.6 is 15.9 Å². The molecule has 0 aliphatic carbocycles. The lowest BCUT2D eigenvalue weighted by molar-refractivity contribution is 0.0560. The average molecular weight is 451 g/mol. The van der Waals surface area contributed by atoms with Crippen molar-refractivity contribution in [3.8, 4) is 0 Å². The molecule has 0 aromatic heterocycles. The van der Waals surface area contributed by atoms with Crippen LogP contribution in [0.15, 0.2) is 28.7 Å². The summed E-state index contributed by atoms with van der Waals surface area (Å²) in [5.74, 6) is 0.517. The van der Waals surface area contributed by atoms with E-state index < -0.39 is 0 Å². The molecule has 1 aromatic rings. The molecule has 7 heteroatoms. The SMILES string of the molecule is O=C(NCC1CCN(c2cccc(Br)c2)C1)N1CCN(CC2CCCO2)CC1. The number of nitrogens with zero attached hydrogens (tertiary/aromatic N) is 3. The summed E-state index contributed by atoms with van der Waals surface area (Å²) in [4.78, 5) is 19.4. The van der Waals surface area contributed by atoms with Gasteiger partial charge in [0.05, 0.1) is 6.10 Å². The number of rotatable bonds is 5. The van der Waals surface area contributed by atoms with E-state index in [9.17, 15) is 4.79 Å². The number of ether oxygens (including phenoxy) is 1. The van der Waals surface area contributed by atoms with Gasteiger partial charge in [-0.1, -0.05) is 22.0 Å². The number of anilines is 1. The fourth-order valence-corrected chi connectivity index (χ4v) is 4.85. The fourth-order valence-electron chi connectivity index (χ4n) is 4.46. The second-order valence-corrected chi connectivity index (χ2v) is 9.11. The van der Waals surface area contributed by atoms with Gasteiger partial charge in [-0.05, 0) is 43.4 Å². The van der Waals surface area contributed by atoms with Crippen LogP contribution < -0.4 is 10.2 Å². The van der Waals surface area contributed by atoms with E-state index in [0.29, 0.717) is 12.0 Å². The molecule has 6 nitrogen and oxygen atoms in total. The zero-order valence-corrected chi connectivity index (χ0v) is 18.1. The molecule has 2 unspecified atom stereocenters. The van der Waals surface area contributed by atoms with Gasteiger partial charge in [0.1, 0.15) is 0 Å². The topological polar surface area (TPSA) is 48.1 Å². The molecular weight excluding hydrogens is 420 g/mol. The lowest BCUT2D eigenvalue weighted by atomic mass is 10.1. The lowest BCUT2D eigenvalue weighted by Crippen LogP contribution is -2.53. The minimum Gasteiger partial charge on any atom is -0.377 e. The smallest absolute Gasteiger partial charge is 0.317 e. The maximum absolute atomic E-state index is 12.6. The summed E-state index contributed by atoms with van der Waals surface area (Å²) >= 11 is 3.55. The molecule has 0 saturated carbocycles. The first kappa shape index (κ1) is 20.0. The Labute approximate surface area is 176 Å². The Hall–Kier alpha value is -1.31. The van der Waals surface area contributed by atoms with Crippen molar-refractivity contribution in [3.63, 3.8) is 0 Å². The Balaban J connectivity index is 1.16. The third kappa shape index (κ3) is 5.19. The molecule has 3 saturated heterocycles. The van der Waals surface area contributed by atoms with Gasteiger partial charge in [0.2, 0.25) is 0 Å². The summed E-state index contributed by atoms with van der Waals surface area (Å²) in [5.41, 5.74) is 1.26. The zero-order chi connectivity index (χ0) is 19.3. The summed E-state index contributed by atoms with van der Waals surface area (Å²) in [5, 5.41) is 3.17. The number of urea groups is 1. The quantitative estimate of drug-likeness (QED) is 0.748. The predicted molar refractivity (Wildman–Crippen MR) is 115 cm³/mol. The van der Waals surface area contributed by atoms with Crippen LogP contribution in [0.5, 0.6) is 0 Å². The molecule has 154 valence electrons. The maximum Gasteiger partial charge on any atom is 0.317 e. The standard InChI is InChI=1S/C21H31BrN4O2/c22-18-3-1-4-19(13-18)26-7-6-17(15-26)14-23-21(27)25-10-8-24(9-11-25)16-20-5-2-12-28-20/h1,3-4,13,17,20H,2,5-12,14-16H2,(H,23,27). The fraction of sp³-hybridized carbons (Fsp3) is 0.667. The zero-order valence-electron chi connectivity index (χ0n) is 16.5. The second-order valence-electron chi connectivity index (χ2n) is 8.19. The van der Waals surface area contributed by atoms with Crippen LogP contribution in [0.25, 0.3) is 0 Å². The van der Waals surface area contributed by atoms with Gasteiger partial charge in [-0.3, -0.25) is 4.90 Å². The van der Waals surface area contributed by atoms with Crippen molar-refractivity contribution in [3.05, 3.63) is 28.7 Å². The number of piperazine rings is 1.